The summed E-state index contributed by atoms with van der Waals surface area (Å²) in [6.45, 7) is 3.72. The summed E-state index contributed by atoms with van der Waals surface area (Å²) in [6.07, 6.45) is 0. The molecule has 7 nitrogen and oxygen atoms in total. The molecule has 1 aromatic heterocycles. The molecule has 0 fully saturated rings. The Bertz CT molecular complexity index is 855. The van der Waals surface area contributed by atoms with E-state index in [1.807, 2.05) is 24.3 Å². The number of nitrogens with zero attached hydrogens (tertiary/aromatic N) is 2. The Morgan fingerprint density at radius 3 is 2.73 bits per heavy atom. The zero-order valence-corrected chi connectivity index (χ0v) is 17.4. The molecule has 0 saturated heterocycles. The van der Waals surface area contributed by atoms with Gasteiger partial charge >= 0.3 is 0 Å². The first-order chi connectivity index (χ1) is 12.3. The van der Waals surface area contributed by atoms with Gasteiger partial charge in [-0.25, -0.2) is 13.1 Å². The molecule has 0 atom stereocenters. The highest BCUT2D eigenvalue weighted by Crippen LogP contribution is 2.22. The molecule has 1 aromatic carbocycles. The Kier molecular flexibility index (Phi) is 7.84. The van der Waals surface area contributed by atoms with Crippen molar-refractivity contribution in [1.82, 2.24) is 14.9 Å². The predicted octanol–water partition coefficient (Wildman–Crippen LogP) is 3.00. The van der Waals surface area contributed by atoms with Crippen LogP contribution in [-0.4, -0.2) is 36.8 Å². The monoisotopic (exact) mass is 434 g/mol. The van der Waals surface area contributed by atoms with Gasteiger partial charge < -0.3 is 5.32 Å². The molecular formula is C15H19ClN4O3S3. The SMILES string of the molecule is CC(C)C(=O)Nc1nnc(S(=O)(=O)NCCSCc2ccccc2Cl)s1. The van der Waals surface area contributed by atoms with E-state index in [4.69, 9.17) is 11.6 Å². The first-order valence-electron chi connectivity index (χ1n) is 7.75. The second-order valence-electron chi connectivity index (χ2n) is 5.56. The zero-order chi connectivity index (χ0) is 19.2. The van der Waals surface area contributed by atoms with E-state index in [9.17, 15) is 13.2 Å². The fraction of sp³-hybridized carbons (Fsp3) is 0.400. The summed E-state index contributed by atoms with van der Waals surface area (Å²) >= 11 is 8.47. The van der Waals surface area contributed by atoms with Crippen LogP contribution in [0.15, 0.2) is 28.6 Å². The Morgan fingerprint density at radius 2 is 2.04 bits per heavy atom. The lowest BCUT2D eigenvalue weighted by Crippen LogP contribution is -2.26. The van der Waals surface area contributed by atoms with Gasteiger partial charge in [0.15, 0.2) is 0 Å². The van der Waals surface area contributed by atoms with Gasteiger partial charge in [0, 0.05) is 29.0 Å². The molecule has 142 valence electrons. The largest absolute Gasteiger partial charge is 0.300 e. The summed E-state index contributed by atoms with van der Waals surface area (Å²) in [5.74, 6) is 0.812. The van der Waals surface area contributed by atoms with Crippen molar-refractivity contribution in [3.8, 4) is 0 Å². The van der Waals surface area contributed by atoms with Gasteiger partial charge in [-0.2, -0.15) is 11.8 Å². The zero-order valence-electron chi connectivity index (χ0n) is 14.2. The van der Waals surface area contributed by atoms with Crippen molar-refractivity contribution in [2.45, 2.75) is 23.9 Å². The second kappa shape index (κ2) is 9.65. The quantitative estimate of drug-likeness (QED) is 0.464. The van der Waals surface area contributed by atoms with Gasteiger partial charge in [-0.15, -0.1) is 10.2 Å². The molecule has 0 aliphatic carbocycles. The number of nitrogens with one attached hydrogen (secondary N) is 2. The topological polar surface area (TPSA) is 101 Å². The van der Waals surface area contributed by atoms with Gasteiger partial charge in [-0.1, -0.05) is 55.0 Å². The molecule has 0 bridgehead atoms. The maximum atomic E-state index is 12.2. The molecule has 0 saturated carbocycles. The number of hydrogen-bond acceptors (Lipinski definition) is 7. The highest BCUT2D eigenvalue weighted by Gasteiger charge is 2.20. The van der Waals surface area contributed by atoms with Crippen LogP contribution in [0, 0.1) is 5.92 Å². The summed E-state index contributed by atoms with van der Waals surface area (Å²) in [4.78, 5) is 11.6. The van der Waals surface area contributed by atoms with E-state index in [-0.39, 0.29) is 27.8 Å². The molecule has 0 aliphatic rings. The van der Waals surface area contributed by atoms with Crippen LogP contribution in [0.3, 0.4) is 0 Å². The lowest BCUT2D eigenvalue weighted by molar-refractivity contribution is -0.118. The van der Waals surface area contributed by atoms with E-state index >= 15 is 0 Å². The predicted molar refractivity (Wildman–Crippen MR) is 106 cm³/mol. The minimum atomic E-state index is -3.74. The van der Waals surface area contributed by atoms with Crippen LogP contribution in [0.4, 0.5) is 5.13 Å². The number of amides is 1. The van der Waals surface area contributed by atoms with Gasteiger partial charge in [0.2, 0.25) is 15.4 Å². The van der Waals surface area contributed by atoms with Crippen LogP contribution in [-0.2, 0) is 20.6 Å². The van der Waals surface area contributed by atoms with Gasteiger partial charge in [0.1, 0.15) is 0 Å². The normalized spacial score (nSPS) is 11.7. The van der Waals surface area contributed by atoms with Crippen molar-refractivity contribution in [2.75, 3.05) is 17.6 Å². The number of anilines is 1. The molecule has 1 heterocycles. The number of carbonyl (C=O) groups excluding carboxylic acids is 1. The Balaban J connectivity index is 1.81. The second-order valence-corrected chi connectivity index (χ2v) is 9.99. The smallest absolute Gasteiger partial charge is 0.269 e. The van der Waals surface area contributed by atoms with Crippen LogP contribution in [0.1, 0.15) is 19.4 Å². The van der Waals surface area contributed by atoms with Crippen molar-refractivity contribution in [3.05, 3.63) is 34.9 Å². The molecular weight excluding hydrogens is 416 g/mol. The third kappa shape index (κ3) is 6.20. The molecule has 0 aliphatic heterocycles. The van der Waals surface area contributed by atoms with Crippen molar-refractivity contribution in [2.24, 2.45) is 5.92 Å². The molecule has 2 N–H and O–H groups in total. The molecule has 0 spiro atoms. The summed E-state index contributed by atoms with van der Waals surface area (Å²) in [5.41, 5.74) is 1.01. The third-order valence-electron chi connectivity index (χ3n) is 3.14. The summed E-state index contributed by atoms with van der Waals surface area (Å²) in [7, 11) is -3.74. The number of thioether (sulfide) groups is 1. The Morgan fingerprint density at radius 1 is 1.31 bits per heavy atom. The minimum absolute atomic E-state index is 0.164. The van der Waals surface area contributed by atoms with E-state index < -0.39 is 10.0 Å². The average Bonchev–Trinajstić information content (AvgIpc) is 3.05. The maximum absolute atomic E-state index is 12.2. The molecule has 2 rings (SSSR count). The Labute approximate surface area is 166 Å². The van der Waals surface area contributed by atoms with E-state index in [2.05, 4.69) is 20.2 Å². The number of sulfonamides is 1. The van der Waals surface area contributed by atoms with E-state index in [1.165, 1.54) is 0 Å². The maximum Gasteiger partial charge on any atom is 0.269 e. The molecule has 2 aromatic rings. The molecule has 1 amide bonds. The van der Waals surface area contributed by atoms with Gasteiger partial charge in [0.25, 0.3) is 10.0 Å². The van der Waals surface area contributed by atoms with Crippen LogP contribution >= 0.6 is 34.7 Å². The molecule has 11 heteroatoms. The van der Waals surface area contributed by atoms with E-state index in [0.717, 1.165) is 16.9 Å². The van der Waals surface area contributed by atoms with Crippen molar-refractivity contribution < 1.29 is 13.2 Å². The van der Waals surface area contributed by atoms with Crippen LogP contribution in [0.2, 0.25) is 5.02 Å². The fourth-order valence-corrected chi connectivity index (χ4v) is 4.97. The summed E-state index contributed by atoms with van der Waals surface area (Å²) < 4.78 is 26.7. The molecule has 26 heavy (non-hydrogen) atoms. The molecule has 0 radical (unpaired) electrons. The average molecular weight is 435 g/mol. The van der Waals surface area contributed by atoms with Crippen molar-refractivity contribution in [3.63, 3.8) is 0 Å². The fourth-order valence-electron chi connectivity index (χ4n) is 1.73. The number of rotatable bonds is 9. The summed E-state index contributed by atoms with van der Waals surface area (Å²) in [5, 5.41) is 10.7. The van der Waals surface area contributed by atoms with Gasteiger partial charge in [0.05, 0.1) is 0 Å². The number of hydrogen-bond donors (Lipinski definition) is 2. The standard InChI is InChI=1S/C15H19ClN4O3S3/c1-10(2)13(21)18-14-19-20-15(25-14)26(22,23)17-7-8-24-9-11-5-3-4-6-12(11)16/h3-6,10,17H,7-9H2,1-2H3,(H,18,19,21). The van der Waals surface area contributed by atoms with E-state index in [1.54, 1.807) is 25.6 Å². The van der Waals surface area contributed by atoms with Crippen LogP contribution < -0.4 is 10.0 Å². The first-order valence-corrected chi connectivity index (χ1v) is 11.6. The Hall–Kier alpha value is -1.20. The summed E-state index contributed by atoms with van der Waals surface area (Å²) in [6, 6.07) is 7.54. The highest BCUT2D eigenvalue weighted by atomic mass is 35.5. The van der Waals surface area contributed by atoms with Gasteiger partial charge in [-0.3, -0.25) is 4.79 Å². The third-order valence-corrected chi connectivity index (χ3v) is 7.19. The van der Waals surface area contributed by atoms with Gasteiger partial charge in [-0.05, 0) is 11.6 Å². The number of carbonyl (C=O) groups is 1. The van der Waals surface area contributed by atoms with Crippen molar-refractivity contribution in [1.29, 1.82) is 0 Å². The molecule has 0 unspecified atom stereocenters. The van der Waals surface area contributed by atoms with E-state index in [0.29, 0.717) is 16.5 Å². The lowest BCUT2D eigenvalue weighted by Gasteiger charge is -2.05. The number of benzene rings is 1. The minimum Gasteiger partial charge on any atom is -0.300 e. The lowest BCUT2D eigenvalue weighted by atomic mass is 10.2. The van der Waals surface area contributed by atoms with Crippen LogP contribution in [0.5, 0.6) is 0 Å². The first kappa shape index (κ1) is 21.1. The van der Waals surface area contributed by atoms with Crippen LogP contribution in [0.25, 0.3) is 0 Å². The van der Waals surface area contributed by atoms with Crippen molar-refractivity contribution >= 4 is 55.8 Å². The number of halogens is 1. The highest BCUT2D eigenvalue weighted by molar-refractivity contribution is 7.98. The number of aromatic nitrogens is 2.